The van der Waals surface area contributed by atoms with E-state index in [9.17, 15) is 14.0 Å². The van der Waals surface area contributed by atoms with Gasteiger partial charge in [0.25, 0.3) is 11.8 Å². The van der Waals surface area contributed by atoms with Gasteiger partial charge in [0.2, 0.25) is 11.8 Å². The molecule has 0 saturated carbocycles. The smallest absolute Gasteiger partial charge is 0.286 e. The second-order valence-corrected chi connectivity index (χ2v) is 6.32. The first-order chi connectivity index (χ1) is 14.4. The monoisotopic (exact) mass is 406 g/mol. The van der Waals surface area contributed by atoms with E-state index in [1.54, 1.807) is 30.3 Å². The number of rotatable bonds is 6. The fraction of sp³-hybridized carbons (Fsp3) is 0.0526. The molecule has 0 radical (unpaired) electrons. The minimum Gasteiger partial charge on any atom is -0.366 e. The molecule has 0 saturated heterocycles. The van der Waals surface area contributed by atoms with Crippen molar-refractivity contribution in [3.05, 3.63) is 65.2 Å². The molecule has 0 spiro atoms. The first-order valence-electron chi connectivity index (χ1n) is 8.74. The summed E-state index contributed by atoms with van der Waals surface area (Å²) in [7, 11) is 0. The maximum Gasteiger partial charge on any atom is 0.286 e. The van der Waals surface area contributed by atoms with E-state index in [4.69, 9.17) is 11.5 Å². The van der Waals surface area contributed by atoms with Gasteiger partial charge in [-0.15, -0.1) is 0 Å². The molecule has 2 aromatic carbocycles. The van der Waals surface area contributed by atoms with Crippen LogP contribution < -0.4 is 16.8 Å². The largest absolute Gasteiger partial charge is 0.366 e. The van der Waals surface area contributed by atoms with Crippen LogP contribution in [0.1, 0.15) is 26.5 Å². The van der Waals surface area contributed by atoms with E-state index >= 15 is 0 Å². The van der Waals surface area contributed by atoms with Gasteiger partial charge in [0.15, 0.2) is 5.82 Å². The summed E-state index contributed by atoms with van der Waals surface area (Å²) in [6.45, 7) is 0.203. The molecule has 0 aliphatic rings. The number of halogens is 1. The predicted molar refractivity (Wildman–Crippen MR) is 106 cm³/mol. The molecule has 150 valence electrons. The zero-order valence-corrected chi connectivity index (χ0v) is 15.4. The molecule has 2 aromatic heterocycles. The molecule has 0 unspecified atom stereocenters. The Morgan fingerprint density at radius 1 is 1.03 bits per heavy atom. The highest BCUT2D eigenvalue weighted by molar-refractivity contribution is 6.07. The van der Waals surface area contributed by atoms with E-state index in [1.807, 2.05) is 0 Å². The zero-order chi connectivity index (χ0) is 21.3. The number of para-hydroxylation sites is 1. The lowest BCUT2D eigenvalue weighted by molar-refractivity contribution is 0.0986. The van der Waals surface area contributed by atoms with Crippen LogP contribution in [0.3, 0.4) is 0 Å². The number of hydrogen-bond donors (Lipinski definition) is 4. The number of carbonyl (C=O) groups excluding carboxylic acids is 2. The summed E-state index contributed by atoms with van der Waals surface area (Å²) in [5.74, 6) is -1.98. The molecule has 10 nitrogen and oxygen atoms in total. The van der Waals surface area contributed by atoms with Crippen LogP contribution in [-0.2, 0) is 6.54 Å². The Labute approximate surface area is 168 Å². The van der Waals surface area contributed by atoms with Gasteiger partial charge in [-0.3, -0.25) is 14.7 Å². The van der Waals surface area contributed by atoms with Crippen LogP contribution in [0.4, 0.5) is 10.3 Å². The summed E-state index contributed by atoms with van der Waals surface area (Å²) in [5.41, 5.74) is 12.3. The Hall–Kier alpha value is -4.41. The van der Waals surface area contributed by atoms with Crippen molar-refractivity contribution >= 4 is 28.7 Å². The van der Waals surface area contributed by atoms with Crippen molar-refractivity contribution in [2.45, 2.75) is 6.54 Å². The average Bonchev–Trinajstić information content (AvgIpc) is 3.16. The Balaban J connectivity index is 1.75. The molecular weight excluding hydrogens is 391 g/mol. The van der Waals surface area contributed by atoms with E-state index in [0.29, 0.717) is 22.2 Å². The molecular formula is C19H15FN8O2. The summed E-state index contributed by atoms with van der Waals surface area (Å²) in [6, 6.07) is 10.9. The molecule has 0 fully saturated rings. The third kappa shape index (κ3) is 3.63. The molecule has 0 atom stereocenters. The number of primary amides is 2. The number of benzene rings is 2. The van der Waals surface area contributed by atoms with Crippen LogP contribution in [0.5, 0.6) is 0 Å². The number of amides is 2. The van der Waals surface area contributed by atoms with Gasteiger partial charge in [0, 0.05) is 11.9 Å². The first-order valence-corrected chi connectivity index (χ1v) is 8.74. The molecule has 4 aromatic rings. The number of aromatic nitrogens is 5. The standard InChI is InChI=1S/C19H15FN8O2/c20-10-4-1-3-9(7-10)8-23-19-25-17(24-18(26-19)16(22)30)14-11-5-2-6-12(15(21)29)13(11)27-28-14/h1-7H,8H2,(H2,21,29)(H2,22,30)(H,27,28)(H,23,24,25,26). The van der Waals surface area contributed by atoms with Crippen molar-refractivity contribution in [1.82, 2.24) is 25.1 Å². The third-order valence-electron chi connectivity index (χ3n) is 4.27. The summed E-state index contributed by atoms with van der Waals surface area (Å²) < 4.78 is 13.4. The van der Waals surface area contributed by atoms with E-state index < -0.39 is 11.8 Å². The van der Waals surface area contributed by atoms with Gasteiger partial charge in [-0.25, -0.2) is 9.37 Å². The summed E-state index contributed by atoms with van der Waals surface area (Å²) in [4.78, 5) is 35.7. The van der Waals surface area contributed by atoms with Crippen LogP contribution in [0.25, 0.3) is 22.4 Å². The van der Waals surface area contributed by atoms with Crippen molar-refractivity contribution in [2.75, 3.05) is 5.32 Å². The number of carbonyl (C=O) groups is 2. The lowest BCUT2D eigenvalue weighted by atomic mass is 10.1. The second-order valence-electron chi connectivity index (χ2n) is 6.32. The first kappa shape index (κ1) is 18.9. The van der Waals surface area contributed by atoms with E-state index in [0.717, 1.165) is 0 Å². The third-order valence-corrected chi connectivity index (χ3v) is 4.27. The minimum atomic E-state index is -0.853. The predicted octanol–water partition coefficient (Wildman–Crippen LogP) is 1.36. The molecule has 0 aliphatic heterocycles. The van der Waals surface area contributed by atoms with Gasteiger partial charge in [-0.2, -0.15) is 15.1 Å². The molecule has 2 heterocycles. The van der Waals surface area contributed by atoms with Crippen molar-refractivity contribution in [1.29, 1.82) is 0 Å². The molecule has 30 heavy (non-hydrogen) atoms. The van der Waals surface area contributed by atoms with Crippen LogP contribution in [0, 0.1) is 5.82 Å². The van der Waals surface area contributed by atoms with Crippen molar-refractivity contribution in [3.63, 3.8) is 0 Å². The number of nitrogens with one attached hydrogen (secondary N) is 2. The van der Waals surface area contributed by atoms with Gasteiger partial charge >= 0.3 is 0 Å². The Kier molecular flexibility index (Phi) is 4.76. The Morgan fingerprint density at radius 2 is 1.83 bits per heavy atom. The quantitative estimate of drug-likeness (QED) is 0.375. The number of hydrogen-bond acceptors (Lipinski definition) is 7. The number of nitrogens with two attached hydrogens (primary N) is 2. The zero-order valence-electron chi connectivity index (χ0n) is 15.4. The Morgan fingerprint density at radius 3 is 2.57 bits per heavy atom. The van der Waals surface area contributed by atoms with E-state index in [-0.39, 0.29) is 35.5 Å². The Bertz CT molecular complexity index is 1290. The minimum absolute atomic E-state index is 0.0619. The lowest BCUT2D eigenvalue weighted by Crippen LogP contribution is -2.18. The average molecular weight is 406 g/mol. The van der Waals surface area contributed by atoms with E-state index in [2.05, 4.69) is 30.5 Å². The normalized spacial score (nSPS) is 10.8. The van der Waals surface area contributed by atoms with Crippen LogP contribution >= 0.6 is 0 Å². The van der Waals surface area contributed by atoms with Gasteiger partial charge in [0.05, 0.1) is 5.56 Å². The number of aromatic amines is 1. The van der Waals surface area contributed by atoms with Crippen LogP contribution in [-0.4, -0.2) is 37.0 Å². The van der Waals surface area contributed by atoms with Crippen molar-refractivity contribution in [2.24, 2.45) is 11.5 Å². The molecule has 0 bridgehead atoms. The van der Waals surface area contributed by atoms with Crippen molar-refractivity contribution in [3.8, 4) is 11.5 Å². The molecule has 4 rings (SSSR count). The van der Waals surface area contributed by atoms with Gasteiger partial charge in [0.1, 0.15) is 17.0 Å². The highest BCUT2D eigenvalue weighted by Crippen LogP contribution is 2.26. The van der Waals surface area contributed by atoms with Gasteiger partial charge in [-0.1, -0.05) is 24.3 Å². The molecule has 2 amide bonds. The highest BCUT2D eigenvalue weighted by Gasteiger charge is 2.18. The number of anilines is 1. The van der Waals surface area contributed by atoms with Crippen LogP contribution in [0.15, 0.2) is 42.5 Å². The number of H-pyrrole nitrogens is 1. The topological polar surface area (TPSA) is 166 Å². The van der Waals surface area contributed by atoms with Gasteiger partial charge in [-0.05, 0) is 23.8 Å². The van der Waals surface area contributed by atoms with Crippen molar-refractivity contribution < 1.29 is 14.0 Å². The molecule has 0 aliphatic carbocycles. The fourth-order valence-electron chi connectivity index (χ4n) is 2.91. The summed E-state index contributed by atoms with van der Waals surface area (Å²) in [5, 5.41) is 10.3. The summed E-state index contributed by atoms with van der Waals surface area (Å²) in [6.07, 6.45) is 0. The SMILES string of the molecule is NC(=O)c1nc(NCc2cccc(F)c2)nc(-c2[nH]nc3c(C(N)=O)cccc23)n1. The summed E-state index contributed by atoms with van der Waals surface area (Å²) >= 11 is 0. The molecule has 6 N–H and O–H groups in total. The molecule has 11 heteroatoms. The van der Waals surface area contributed by atoms with Crippen LogP contribution in [0.2, 0.25) is 0 Å². The van der Waals surface area contributed by atoms with E-state index in [1.165, 1.54) is 12.1 Å². The number of nitrogens with zero attached hydrogens (tertiary/aromatic N) is 4. The number of fused-ring (bicyclic) bond motifs is 1. The maximum absolute atomic E-state index is 13.4. The lowest BCUT2D eigenvalue weighted by Gasteiger charge is -2.08. The van der Waals surface area contributed by atoms with Gasteiger partial charge < -0.3 is 16.8 Å². The fourth-order valence-corrected chi connectivity index (χ4v) is 2.91. The highest BCUT2D eigenvalue weighted by atomic mass is 19.1. The maximum atomic E-state index is 13.4. The second kappa shape index (κ2) is 7.54.